The minimum Gasteiger partial charge on any atom is -0.369 e. The summed E-state index contributed by atoms with van der Waals surface area (Å²) < 4.78 is 0. The van der Waals surface area contributed by atoms with Crippen molar-refractivity contribution in [2.24, 2.45) is 5.73 Å². The third-order valence-electron chi connectivity index (χ3n) is 2.89. The van der Waals surface area contributed by atoms with Crippen molar-refractivity contribution >= 4 is 40.3 Å². The van der Waals surface area contributed by atoms with Crippen LogP contribution in [0.25, 0.3) is 21.1 Å². The lowest BCUT2D eigenvalue weighted by Crippen LogP contribution is -2.22. The zero-order chi connectivity index (χ0) is 14.8. The molecule has 1 amide bonds. The van der Waals surface area contributed by atoms with Crippen LogP contribution in [-0.4, -0.2) is 21.1 Å². The first-order valence-electron chi connectivity index (χ1n) is 6.29. The Morgan fingerprint density at radius 3 is 2.52 bits per heavy atom. The number of H-pyrrole nitrogens is 1. The fourth-order valence-corrected chi connectivity index (χ4v) is 4.03. The molecular formula is C14H13N3OS3. The number of thiophene rings is 2. The summed E-state index contributed by atoms with van der Waals surface area (Å²) >= 11 is 4.65. The van der Waals surface area contributed by atoms with Crippen molar-refractivity contribution in [1.29, 1.82) is 0 Å². The number of rotatable bonds is 5. The number of imidazole rings is 1. The SMILES string of the molecule is C[C@@H](Sc1nc(-c2cccs2)c(-c2cccs2)[nH]1)C(N)=O. The molecule has 0 aliphatic heterocycles. The molecule has 21 heavy (non-hydrogen) atoms. The number of amides is 1. The van der Waals surface area contributed by atoms with E-state index < -0.39 is 0 Å². The van der Waals surface area contributed by atoms with E-state index in [2.05, 4.69) is 16.0 Å². The molecule has 0 saturated heterocycles. The fourth-order valence-electron chi connectivity index (χ4n) is 1.82. The van der Waals surface area contributed by atoms with Gasteiger partial charge in [-0.25, -0.2) is 4.98 Å². The lowest BCUT2D eigenvalue weighted by Gasteiger charge is -2.02. The summed E-state index contributed by atoms with van der Waals surface area (Å²) in [5, 5.41) is 4.46. The van der Waals surface area contributed by atoms with E-state index in [1.54, 1.807) is 29.6 Å². The fraction of sp³-hybridized carbons (Fsp3) is 0.143. The highest BCUT2D eigenvalue weighted by Gasteiger charge is 2.19. The Morgan fingerprint density at radius 2 is 1.95 bits per heavy atom. The minimum atomic E-state index is -0.341. The lowest BCUT2D eigenvalue weighted by molar-refractivity contribution is -0.117. The number of thioether (sulfide) groups is 1. The van der Waals surface area contributed by atoms with Crippen LogP contribution in [0.3, 0.4) is 0 Å². The number of aromatic nitrogens is 2. The molecule has 0 radical (unpaired) electrons. The van der Waals surface area contributed by atoms with Gasteiger partial charge in [0.2, 0.25) is 5.91 Å². The molecule has 0 fully saturated rings. The highest BCUT2D eigenvalue weighted by molar-refractivity contribution is 8.00. The third kappa shape index (κ3) is 3.04. The quantitative estimate of drug-likeness (QED) is 0.696. The predicted molar refractivity (Wildman–Crippen MR) is 89.7 cm³/mol. The maximum Gasteiger partial charge on any atom is 0.230 e. The normalized spacial score (nSPS) is 12.4. The average Bonchev–Trinajstić information content (AvgIpc) is 3.19. The second-order valence-corrected chi connectivity index (χ2v) is 7.61. The molecule has 3 aromatic rings. The Hall–Kier alpha value is -1.57. The highest BCUT2D eigenvalue weighted by Crippen LogP contribution is 2.37. The number of primary amides is 1. The van der Waals surface area contributed by atoms with Crippen LogP contribution in [-0.2, 0) is 4.79 Å². The smallest absolute Gasteiger partial charge is 0.230 e. The van der Waals surface area contributed by atoms with Gasteiger partial charge in [0.05, 0.1) is 20.7 Å². The number of hydrogen-bond donors (Lipinski definition) is 2. The molecule has 3 aromatic heterocycles. The van der Waals surface area contributed by atoms with E-state index >= 15 is 0 Å². The molecule has 0 aliphatic carbocycles. The van der Waals surface area contributed by atoms with E-state index in [0.29, 0.717) is 5.16 Å². The Morgan fingerprint density at radius 1 is 1.29 bits per heavy atom. The van der Waals surface area contributed by atoms with Gasteiger partial charge in [-0.05, 0) is 29.8 Å². The molecule has 0 saturated carbocycles. The van der Waals surface area contributed by atoms with Crippen LogP contribution in [0.1, 0.15) is 6.92 Å². The van der Waals surface area contributed by atoms with Crippen LogP contribution in [0.5, 0.6) is 0 Å². The number of aromatic amines is 1. The zero-order valence-electron chi connectivity index (χ0n) is 11.2. The predicted octanol–water partition coefficient (Wildman–Crippen LogP) is 3.83. The van der Waals surface area contributed by atoms with Gasteiger partial charge >= 0.3 is 0 Å². The first-order valence-corrected chi connectivity index (χ1v) is 8.93. The van der Waals surface area contributed by atoms with Gasteiger partial charge in [-0.15, -0.1) is 22.7 Å². The Labute approximate surface area is 134 Å². The van der Waals surface area contributed by atoms with Gasteiger partial charge < -0.3 is 10.7 Å². The molecule has 3 N–H and O–H groups in total. The number of carbonyl (C=O) groups is 1. The first-order chi connectivity index (χ1) is 10.1. The van der Waals surface area contributed by atoms with Gasteiger partial charge in [0, 0.05) is 0 Å². The molecule has 0 aliphatic rings. The summed E-state index contributed by atoms with van der Waals surface area (Å²) in [6.07, 6.45) is 0. The molecule has 108 valence electrons. The standard InChI is InChI=1S/C14H13N3OS3/c1-8(13(15)18)21-14-16-11(9-4-2-6-19-9)12(17-14)10-5-3-7-20-10/h2-8H,1H3,(H2,15,18)(H,16,17)/t8-/m1/s1. The van der Waals surface area contributed by atoms with Gasteiger partial charge in [0.1, 0.15) is 5.69 Å². The van der Waals surface area contributed by atoms with Gasteiger partial charge in [-0.3, -0.25) is 4.79 Å². The van der Waals surface area contributed by atoms with Crippen LogP contribution in [0.2, 0.25) is 0 Å². The van der Waals surface area contributed by atoms with Crippen molar-refractivity contribution in [3.05, 3.63) is 35.0 Å². The number of nitrogens with two attached hydrogens (primary N) is 1. The summed E-state index contributed by atoms with van der Waals surface area (Å²) in [6.45, 7) is 1.78. The van der Waals surface area contributed by atoms with Crippen LogP contribution >= 0.6 is 34.4 Å². The molecule has 1 atom stereocenters. The maximum absolute atomic E-state index is 11.2. The largest absolute Gasteiger partial charge is 0.369 e. The zero-order valence-corrected chi connectivity index (χ0v) is 13.6. The second kappa shape index (κ2) is 6.05. The van der Waals surface area contributed by atoms with Crippen LogP contribution in [0.15, 0.2) is 40.2 Å². The Bertz CT molecular complexity index is 680. The Balaban J connectivity index is 2.01. The van der Waals surface area contributed by atoms with E-state index in [9.17, 15) is 4.79 Å². The summed E-state index contributed by atoms with van der Waals surface area (Å²) in [5.41, 5.74) is 7.24. The van der Waals surface area contributed by atoms with Gasteiger partial charge in [0.25, 0.3) is 0 Å². The van der Waals surface area contributed by atoms with Crippen molar-refractivity contribution in [3.63, 3.8) is 0 Å². The van der Waals surface area contributed by atoms with E-state index in [0.717, 1.165) is 21.1 Å². The molecule has 3 rings (SSSR count). The number of nitrogens with zero attached hydrogens (tertiary/aromatic N) is 1. The Kier molecular flexibility index (Phi) is 4.14. The van der Waals surface area contributed by atoms with E-state index in [1.807, 2.05) is 29.0 Å². The highest BCUT2D eigenvalue weighted by atomic mass is 32.2. The van der Waals surface area contributed by atoms with Crippen molar-refractivity contribution in [2.75, 3.05) is 0 Å². The van der Waals surface area contributed by atoms with Crippen LogP contribution in [0, 0.1) is 0 Å². The monoisotopic (exact) mass is 335 g/mol. The van der Waals surface area contributed by atoms with E-state index in [4.69, 9.17) is 5.73 Å². The maximum atomic E-state index is 11.2. The molecule has 3 heterocycles. The van der Waals surface area contributed by atoms with Crippen molar-refractivity contribution < 1.29 is 4.79 Å². The average molecular weight is 335 g/mol. The number of nitrogens with one attached hydrogen (secondary N) is 1. The first kappa shape index (κ1) is 14.4. The summed E-state index contributed by atoms with van der Waals surface area (Å²) in [7, 11) is 0. The molecule has 0 bridgehead atoms. The van der Waals surface area contributed by atoms with Crippen LogP contribution < -0.4 is 5.73 Å². The molecule has 0 unspecified atom stereocenters. The summed E-state index contributed by atoms with van der Waals surface area (Å²) in [5.74, 6) is -0.341. The molecular weight excluding hydrogens is 322 g/mol. The lowest BCUT2D eigenvalue weighted by atomic mass is 10.2. The van der Waals surface area contributed by atoms with E-state index in [-0.39, 0.29) is 11.2 Å². The van der Waals surface area contributed by atoms with Gasteiger partial charge in [-0.1, -0.05) is 23.9 Å². The van der Waals surface area contributed by atoms with Gasteiger partial charge in [-0.2, -0.15) is 0 Å². The molecule has 0 spiro atoms. The van der Waals surface area contributed by atoms with Crippen LogP contribution in [0.4, 0.5) is 0 Å². The summed E-state index contributed by atoms with van der Waals surface area (Å²) in [4.78, 5) is 21.4. The number of hydrogen-bond acceptors (Lipinski definition) is 5. The minimum absolute atomic E-state index is 0.316. The second-order valence-electron chi connectivity index (χ2n) is 4.38. The molecule has 0 aromatic carbocycles. The summed E-state index contributed by atoms with van der Waals surface area (Å²) in [6, 6.07) is 8.12. The topological polar surface area (TPSA) is 71.8 Å². The van der Waals surface area contributed by atoms with Gasteiger partial charge in [0.15, 0.2) is 5.16 Å². The third-order valence-corrected chi connectivity index (χ3v) is 5.66. The van der Waals surface area contributed by atoms with Crippen molar-refractivity contribution in [2.45, 2.75) is 17.3 Å². The van der Waals surface area contributed by atoms with Crippen molar-refractivity contribution in [3.8, 4) is 21.1 Å². The molecule has 7 heteroatoms. The van der Waals surface area contributed by atoms with Crippen molar-refractivity contribution in [1.82, 2.24) is 9.97 Å². The number of carbonyl (C=O) groups excluding carboxylic acids is 1. The van der Waals surface area contributed by atoms with E-state index in [1.165, 1.54) is 11.8 Å². The molecule has 4 nitrogen and oxygen atoms in total.